The summed E-state index contributed by atoms with van der Waals surface area (Å²) in [6.07, 6.45) is -6.83. The van der Waals surface area contributed by atoms with Crippen molar-refractivity contribution in [1.82, 2.24) is 15.5 Å². The fourth-order valence-electron chi connectivity index (χ4n) is 7.24. The summed E-state index contributed by atoms with van der Waals surface area (Å²) < 4.78 is 49.9. The van der Waals surface area contributed by atoms with Crippen LogP contribution in [0.25, 0.3) is 0 Å². The van der Waals surface area contributed by atoms with Crippen LogP contribution in [0.1, 0.15) is 57.9 Å². The number of likely N-dealkylation sites (tertiary alicyclic amines) is 1. The third-order valence-electron chi connectivity index (χ3n) is 9.94. The number of nitrogens with one attached hydrogen (secondary N) is 2. The Labute approximate surface area is 319 Å². The molecule has 1 saturated carbocycles. The van der Waals surface area contributed by atoms with Gasteiger partial charge in [-0.1, -0.05) is 44.2 Å². The minimum absolute atomic E-state index is 0.0427. The van der Waals surface area contributed by atoms with Crippen molar-refractivity contribution in [3.63, 3.8) is 0 Å². The predicted molar refractivity (Wildman–Crippen MR) is 195 cm³/mol. The lowest BCUT2D eigenvalue weighted by atomic mass is 9.84. The molecule has 3 amide bonds. The van der Waals surface area contributed by atoms with Gasteiger partial charge in [0.2, 0.25) is 11.8 Å². The Morgan fingerprint density at radius 2 is 1.78 bits per heavy atom. The number of nitrogens with two attached hydrogens (primary N) is 2. The Balaban J connectivity index is 1.70. The SMILES string of the molecule is CC(C)[C@H](O[C@H]1OC[C@@H](O)[C@H](O)[C@H]1O)[C@@H](NC(=O)[C@H](Cc1ccccc1)OS(=O)(=O)O)C(=O)N1[C@@H]2C[C@H](Cl)CC[C@@H]2C[C@H]1C(=O)NCCCCN=C(N)N. The number of amides is 3. The number of halogens is 1. The third-order valence-corrected chi connectivity index (χ3v) is 10.8. The molecule has 1 aliphatic carbocycles. The number of fused-ring (bicyclic) bond motifs is 1. The number of guanidine groups is 1. The minimum atomic E-state index is -5.18. The van der Waals surface area contributed by atoms with Gasteiger partial charge in [-0.05, 0) is 55.9 Å². The van der Waals surface area contributed by atoms with E-state index in [1.165, 1.54) is 4.90 Å². The van der Waals surface area contributed by atoms with Crippen LogP contribution in [-0.2, 0) is 44.9 Å². The smallest absolute Gasteiger partial charge is 0.388 e. The van der Waals surface area contributed by atoms with Crippen molar-refractivity contribution in [1.29, 1.82) is 0 Å². The zero-order chi connectivity index (χ0) is 39.7. The number of ether oxygens (including phenoxy) is 2. The lowest BCUT2D eigenvalue weighted by Gasteiger charge is -2.42. The number of carbonyl (C=O) groups excluding carboxylic acids is 3. The van der Waals surface area contributed by atoms with E-state index in [2.05, 4.69) is 15.6 Å². The summed E-state index contributed by atoms with van der Waals surface area (Å²) in [6, 6.07) is 5.07. The lowest BCUT2D eigenvalue weighted by Crippen LogP contribution is -2.64. The molecule has 11 atom stereocenters. The fourth-order valence-corrected chi connectivity index (χ4v) is 8.00. The second kappa shape index (κ2) is 19.6. The van der Waals surface area contributed by atoms with Crippen molar-refractivity contribution in [2.24, 2.45) is 28.3 Å². The van der Waals surface area contributed by atoms with E-state index in [0.29, 0.717) is 50.6 Å². The first-order valence-corrected chi connectivity index (χ1v) is 19.9. The number of benzene rings is 1. The summed E-state index contributed by atoms with van der Waals surface area (Å²) in [5.41, 5.74) is 11.2. The zero-order valence-electron chi connectivity index (χ0n) is 30.3. The zero-order valence-corrected chi connectivity index (χ0v) is 31.8. The second-order valence-electron chi connectivity index (χ2n) is 14.3. The van der Waals surface area contributed by atoms with Crippen LogP contribution < -0.4 is 22.1 Å². The van der Waals surface area contributed by atoms with Gasteiger partial charge in [0.1, 0.15) is 30.4 Å². The van der Waals surface area contributed by atoms with Gasteiger partial charge in [-0.3, -0.25) is 23.9 Å². The van der Waals surface area contributed by atoms with E-state index in [9.17, 15) is 37.9 Å². The molecule has 1 aromatic carbocycles. The van der Waals surface area contributed by atoms with Crippen molar-refractivity contribution in [2.45, 2.75) is 119 Å². The van der Waals surface area contributed by atoms with E-state index < -0.39 is 95.6 Å². The van der Waals surface area contributed by atoms with Gasteiger partial charge in [-0.15, -0.1) is 11.6 Å². The highest BCUT2D eigenvalue weighted by atomic mass is 35.5. The van der Waals surface area contributed by atoms with E-state index in [0.717, 1.165) is 0 Å². The first kappa shape index (κ1) is 43.6. The van der Waals surface area contributed by atoms with E-state index in [1.54, 1.807) is 44.2 Å². The van der Waals surface area contributed by atoms with Crippen molar-refractivity contribution < 1.29 is 56.3 Å². The molecule has 304 valence electrons. The summed E-state index contributed by atoms with van der Waals surface area (Å²) in [6.45, 7) is 3.53. The quantitative estimate of drug-likeness (QED) is 0.0306. The first-order chi connectivity index (χ1) is 25.5. The Kier molecular flexibility index (Phi) is 15.8. The van der Waals surface area contributed by atoms with Crippen LogP contribution in [0.15, 0.2) is 35.3 Å². The third kappa shape index (κ3) is 11.9. The molecule has 20 heteroatoms. The number of aliphatic hydroxyl groups is 3. The molecule has 3 fully saturated rings. The van der Waals surface area contributed by atoms with Crippen molar-refractivity contribution in [3.05, 3.63) is 35.9 Å². The molecule has 4 rings (SSSR count). The molecule has 18 nitrogen and oxygen atoms in total. The number of hydrogen-bond donors (Lipinski definition) is 8. The highest BCUT2D eigenvalue weighted by molar-refractivity contribution is 7.80. The number of carbonyl (C=O) groups is 3. The van der Waals surface area contributed by atoms with Crippen molar-refractivity contribution in [2.75, 3.05) is 19.7 Å². The monoisotopic (exact) mass is 804 g/mol. The Morgan fingerprint density at radius 1 is 1.07 bits per heavy atom. The van der Waals surface area contributed by atoms with Gasteiger partial charge < -0.3 is 51.8 Å². The standard InChI is InChI=1S/C34H53ClN6O12S/c1-18(2)29(52-33-28(44)27(43)24(42)17-51-33)26(40-31(46)25(53-54(48,49)50)14-19-8-4-3-5-9-19)32(47)41-22-16-21(35)11-10-20(22)15-23(41)30(45)38-12-6-7-13-39-34(36)37/h3-5,8-9,18,20-29,33,42-44H,6-7,10-17H2,1-2H3,(H,38,45)(H,40,46)(H4,36,37,39)(H,48,49,50)/t20-,21-,22-,23+,24-,25+,26-,27+,28-,29+,33-/m1/s1. The summed E-state index contributed by atoms with van der Waals surface area (Å²) >= 11 is 6.62. The molecular formula is C34H53ClN6O12S. The van der Waals surface area contributed by atoms with Crippen LogP contribution in [-0.4, -0.2) is 137 Å². The highest BCUT2D eigenvalue weighted by Crippen LogP contribution is 2.42. The molecular weight excluding hydrogens is 752 g/mol. The fraction of sp³-hybridized carbons (Fsp3) is 0.706. The first-order valence-electron chi connectivity index (χ1n) is 18.1. The molecule has 3 aliphatic rings. The number of nitrogens with zero attached hydrogens (tertiary/aromatic N) is 2. The molecule has 0 bridgehead atoms. The maximum atomic E-state index is 15.1. The van der Waals surface area contributed by atoms with E-state index >= 15 is 4.79 Å². The predicted octanol–water partition coefficient (Wildman–Crippen LogP) is -1.07. The summed E-state index contributed by atoms with van der Waals surface area (Å²) in [5, 5.41) is 36.3. The van der Waals surface area contributed by atoms with E-state index in [-0.39, 0.29) is 30.2 Å². The Bertz CT molecular complexity index is 1550. The van der Waals surface area contributed by atoms with Crippen molar-refractivity contribution >= 4 is 45.7 Å². The maximum absolute atomic E-state index is 15.1. The van der Waals surface area contributed by atoms with Crippen LogP contribution in [0.4, 0.5) is 0 Å². The minimum Gasteiger partial charge on any atom is -0.388 e. The maximum Gasteiger partial charge on any atom is 0.398 e. The van der Waals surface area contributed by atoms with Gasteiger partial charge >= 0.3 is 10.4 Å². The van der Waals surface area contributed by atoms with Crippen LogP contribution in [0, 0.1) is 11.8 Å². The summed E-state index contributed by atoms with van der Waals surface area (Å²) in [5.74, 6) is -3.08. The highest BCUT2D eigenvalue weighted by Gasteiger charge is 2.52. The Hall–Kier alpha value is -3.14. The number of aliphatic imine (C=N–C) groups is 1. The molecule has 0 spiro atoms. The number of aliphatic hydroxyl groups excluding tert-OH is 3. The largest absolute Gasteiger partial charge is 0.398 e. The number of hydrogen-bond acceptors (Lipinski definition) is 12. The van der Waals surface area contributed by atoms with E-state index in [1.807, 2.05) is 0 Å². The van der Waals surface area contributed by atoms with Gasteiger partial charge in [-0.2, -0.15) is 8.42 Å². The molecule has 2 saturated heterocycles. The Morgan fingerprint density at radius 3 is 2.43 bits per heavy atom. The van der Waals surface area contributed by atoms with Gasteiger partial charge in [0, 0.05) is 30.9 Å². The number of rotatable bonds is 17. The summed E-state index contributed by atoms with van der Waals surface area (Å²) in [4.78, 5) is 48.3. The van der Waals surface area contributed by atoms with Gasteiger partial charge in [0.15, 0.2) is 18.4 Å². The second-order valence-corrected chi connectivity index (χ2v) is 16.0. The topological polar surface area (TPSA) is 286 Å². The molecule has 54 heavy (non-hydrogen) atoms. The molecule has 2 heterocycles. The molecule has 0 aromatic heterocycles. The van der Waals surface area contributed by atoms with Gasteiger partial charge in [0.05, 0.1) is 12.7 Å². The van der Waals surface area contributed by atoms with Crippen LogP contribution in [0.2, 0.25) is 0 Å². The van der Waals surface area contributed by atoms with E-state index in [4.69, 9.17) is 36.7 Å². The lowest BCUT2D eigenvalue weighted by molar-refractivity contribution is -0.288. The van der Waals surface area contributed by atoms with Gasteiger partial charge in [0.25, 0.3) is 5.91 Å². The average Bonchev–Trinajstić information content (AvgIpc) is 3.48. The molecule has 1 aromatic rings. The molecule has 0 unspecified atom stereocenters. The van der Waals surface area contributed by atoms with Crippen LogP contribution in [0.3, 0.4) is 0 Å². The molecule has 0 radical (unpaired) electrons. The van der Waals surface area contributed by atoms with Crippen LogP contribution in [0.5, 0.6) is 0 Å². The van der Waals surface area contributed by atoms with Gasteiger partial charge in [-0.25, -0.2) is 4.18 Å². The molecule has 2 aliphatic heterocycles. The molecule has 10 N–H and O–H groups in total. The number of alkyl halides is 1. The van der Waals surface area contributed by atoms with Crippen LogP contribution >= 0.6 is 11.6 Å². The van der Waals surface area contributed by atoms with Crippen molar-refractivity contribution in [3.8, 4) is 0 Å². The summed E-state index contributed by atoms with van der Waals surface area (Å²) in [7, 11) is -5.18. The average molecular weight is 805 g/mol. The normalized spacial score (nSPS) is 28.8. The number of unbranched alkanes of at least 4 members (excludes halogenated alkanes) is 1.